The van der Waals surface area contributed by atoms with Crippen molar-refractivity contribution < 1.29 is 17.9 Å². The molecule has 1 aromatic heterocycles. The third-order valence-corrected chi connectivity index (χ3v) is 7.12. The quantitative estimate of drug-likeness (QED) is 0.696. The molecule has 1 aromatic carbocycles. The molecule has 1 aliphatic heterocycles. The highest BCUT2D eigenvalue weighted by atomic mass is 35.5. The number of halogens is 2. The molecule has 0 spiro atoms. The van der Waals surface area contributed by atoms with Crippen LogP contribution in [-0.2, 0) is 26.0 Å². The fraction of sp³-hybridized carbons (Fsp3) is 0.368. The molecule has 2 aromatic rings. The van der Waals surface area contributed by atoms with E-state index in [1.54, 1.807) is 26.0 Å². The zero-order valence-electron chi connectivity index (χ0n) is 16.0. The number of hydrogen-bond donors (Lipinski definition) is 1. The maximum Gasteiger partial charge on any atom is 0.243 e. The van der Waals surface area contributed by atoms with Crippen LogP contribution >= 0.6 is 23.2 Å². The van der Waals surface area contributed by atoms with Crippen LogP contribution in [0.25, 0.3) is 0 Å². The number of aryl methyl sites for hydroxylation is 2. The minimum atomic E-state index is -3.66. The topological polar surface area (TPSA) is 88.6 Å². The van der Waals surface area contributed by atoms with Gasteiger partial charge in [-0.05, 0) is 37.6 Å². The fourth-order valence-corrected chi connectivity index (χ4v) is 5.07. The largest absolute Gasteiger partial charge is 0.379 e. The highest BCUT2D eigenvalue weighted by Crippen LogP contribution is 2.26. The van der Waals surface area contributed by atoms with E-state index in [0.29, 0.717) is 48.3 Å². The van der Waals surface area contributed by atoms with Crippen LogP contribution in [0.3, 0.4) is 0 Å². The van der Waals surface area contributed by atoms with Crippen molar-refractivity contribution in [2.24, 2.45) is 0 Å². The van der Waals surface area contributed by atoms with E-state index in [2.05, 4.69) is 10.3 Å². The average Bonchev–Trinajstić information content (AvgIpc) is 2.67. The number of carbonyl (C=O) groups is 1. The van der Waals surface area contributed by atoms with Crippen molar-refractivity contribution in [2.75, 3.05) is 31.6 Å². The summed E-state index contributed by atoms with van der Waals surface area (Å²) < 4.78 is 32.3. The van der Waals surface area contributed by atoms with Gasteiger partial charge >= 0.3 is 0 Å². The molecule has 1 amide bonds. The molecule has 0 unspecified atom stereocenters. The van der Waals surface area contributed by atoms with Crippen molar-refractivity contribution in [1.82, 2.24) is 9.29 Å². The second kappa shape index (κ2) is 8.97. The maximum absolute atomic E-state index is 12.9. The van der Waals surface area contributed by atoms with Crippen molar-refractivity contribution in [3.05, 3.63) is 51.3 Å². The molecular weight excluding hydrogens is 437 g/mol. The van der Waals surface area contributed by atoms with Gasteiger partial charge in [-0.1, -0.05) is 29.3 Å². The molecule has 10 heteroatoms. The number of aromatic nitrogens is 1. The number of hydrogen-bond acceptors (Lipinski definition) is 5. The van der Waals surface area contributed by atoms with Gasteiger partial charge in [-0.25, -0.2) is 13.4 Å². The predicted octanol–water partition coefficient (Wildman–Crippen LogP) is 3.21. The number of benzene rings is 1. The summed E-state index contributed by atoms with van der Waals surface area (Å²) in [7, 11) is -3.66. The van der Waals surface area contributed by atoms with Gasteiger partial charge in [0.05, 0.1) is 24.5 Å². The normalized spacial score (nSPS) is 15.3. The molecule has 1 fully saturated rings. The fourth-order valence-electron chi connectivity index (χ4n) is 2.97. The summed E-state index contributed by atoms with van der Waals surface area (Å²) in [4.78, 5) is 16.8. The smallest absolute Gasteiger partial charge is 0.243 e. The minimum Gasteiger partial charge on any atom is -0.379 e. The maximum atomic E-state index is 12.9. The van der Waals surface area contributed by atoms with Crippen LogP contribution in [0.2, 0.25) is 10.2 Å². The number of nitrogens with one attached hydrogen (secondary N) is 1. The van der Waals surface area contributed by atoms with Crippen molar-refractivity contribution in [1.29, 1.82) is 0 Å². The van der Waals surface area contributed by atoms with Crippen LogP contribution in [-0.4, -0.2) is 49.9 Å². The number of amides is 1. The number of sulfonamides is 1. The lowest BCUT2D eigenvalue weighted by atomic mass is 10.1. The van der Waals surface area contributed by atoms with Crippen LogP contribution in [0.5, 0.6) is 0 Å². The van der Waals surface area contributed by atoms with Crippen molar-refractivity contribution in [3.8, 4) is 0 Å². The van der Waals surface area contributed by atoms with Gasteiger partial charge in [-0.2, -0.15) is 4.31 Å². The molecule has 1 saturated heterocycles. The first-order chi connectivity index (χ1) is 13.7. The van der Waals surface area contributed by atoms with Gasteiger partial charge in [0.2, 0.25) is 15.9 Å². The SMILES string of the molecule is Cc1cc(Cl)c(CC(=O)Nc2cc(S(=O)(=O)N3CCOCC3)ccc2C)c(Cl)n1. The lowest BCUT2D eigenvalue weighted by Gasteiger charge is -2.26. The third-order valence-electron chi connectivity index (χ3n) is 4.58. The van der Waals surface area contributed by atoms with E-state index in [1.165, 1.54) is 16.4 Å². The van der Waals surface area contributed by atoms with E-state index in [0.717, 1.165) is 5.56 Å². The van der Waals surface area contributed by atoms with Crippen LogP contribution < -0.4 is 5.32 Å². The van der Waals surface area contributed by atoms with E-state index in [-0.39, 0.29) is 22.4 Å². The van der Waals surface area contributed by atoms with E-state index in [1.807, 2.05) is 0 Å². The Morgan fingerprint density at radius 3 is 2.55 bits per heavy atom. The molecule has 7 nitrogen and oxygen atoms in total. The molecule has 0 bridgehead atoms. The molecule has 0 saturated carbocycles. The first-order valence-electron chi connectivity index (χ1n) is 8.98. The number of anilines is 1. The average molecular weight is 458 g/mol. The van der Waals surface area contributed by atoms with Gasteiger partial charge in [0.15, 0.2) is 0 Å². The Kier molecular flexibility index (Phi) is 6.80. The van der Waals surface area contributed by atoms with Gasteiger partial charge in [0.25, 0.3) is 0 Å². The zero-order valence-corrected chi connectivity index (χ0v) is 18.4. The summed E-state index contributed by atoms with van der Waals surface area (Å²) in [6.07, 6.45) is -0.0785. The Balaban J connectivity index is 1.81. The molecular formula is C19H21Cl2N3O4S. The van der Waals surface area contributed by atoms with Crippen LogP contribution in [0.4, 0.5) is 5.69 Å². The van der Waals surface area contributed by atoms with Crippen LogP contribution in [0.1, 0.15) is 16.8 Å². The summed E-state index contributed by atoms with van der Waals surface area (Å²) in [5.74, 6) is -0.372. The zero-order chi connectivity index (χ0) is 21.2. The summed E-state index contributed by atoms with van der Waals surface area (Å²) in [6.45, 7) is 4.87. The molecule has 1 aliphatic rings. The van der Waals surface area contributed by atoms with Crippen molar-refractivity contribution in [2.45, 2.75) is 25.2 Å². The molecule has 1 N–H and O–H groups in total. The molecule has 156 valence electrons. The first kappa shape index (κ1) is 22.0. The number of rotatable bonds is 5. The Morgan fingerprint density at radius 2 is 1.90 bits per heavy atom. The Morgan fingerprint density at radius 1 is 1.21 bits per heavy atom. The summed E-state index contributed by atoms with van der Waals surface area (Å²) in [5.41, 5.74) is 2.22. The number of ether oxygens (including phenoxy) is 1. The molecule has 0 aliphatic carbocycles. The highest BCUT2D eigenvalue weighted by Gasteiger charge is 2.27. The van der Waals surface area contributed by atoms with Gasteiger partial charge < -0.3 is 10.1 Å². The summed E-state index contributed by atoms with van der Waals surface area (Å²) in [5, 5.41) is 3.28. The molecule has 3 rings (SSSR count). The number of nitrogens with zero attached hydrogens (tertiary/aromatic N) is 2. The highest BCUT2D eigenvalue weighted by molar-refractivity contribution is 7.89. The first-order valence-corrected chi connectivity index (χ1v) is 11.2. The van der Waals surface area contributed by atoms with Crippen LogP contribution in [0, 0.1) is 13.8 Å². The van der Waals surface area contributed by atoms with Gasteiger partial charge in [0, 0.05) is 35.1 Å². The standard InChI is InChI=1S/C19H21Cl2N3O4S/c1-12-3-4-14(29(26,27)24-5-7-28-8-6-24)10-17(12)23-18(25)11-15-16(20)9-13(2)22-19(15)21/h3-4,9-10H,5-8,11H2,1-2H3,(H,23,25). The second-order valence-corrected chi connectivity index (χ2v) is 9.44. The van der Waals surface area contributed by atoms with Gasteiger partial charge in [0.1, 0.15) is 5.15 Å². The van der Waals surface area contributed by atoms with E-state index in [9.17, 15) is 13.2 Å². The van der Waals surface area contributed by atoms with Gasteiger partial charge in [-0.3, -0.25) is 4.79 Å². The lowest BCUT2D eigenvalue weighted by Crippen LogP contribution is -2.40. The Bertz CT molecular complexity index is 1010. The number of carbonyl (C=O) groups excluding carboxylic acids is 1. The Hall–Kier alpha value is -1.71. The molecule has 0 radical (unpaired) electrons. The monoisotopic (exact) mass is 457 g/mol. The molecule has 2 heterocycles. The van der Waals surface area contributed by atoms with E-state index in [4.69, 9.17) is 27.9 Å². The minimum absolute atomic E-state index is 0.0785. The van der Waals surface area contributed by atoms with Crippen molar-refractivity contribution in [3.63, 3.8) is 0 Å². The number of morpholine rings is 1. The lowest BCUT2D eigenvalue weighted by molar-refractivity contribution is -0.115. The third kappa shape index (κ3) is 5.07. The molecule has 29 heavy (non-hydrogen) atoms. The number of pyridine rings is 1. The molecule has 0 atom stereocenters. The van der Waals surface area contributed by atoms with E-state index < -0.39 is 10.0 Å². The predicted molar refractivity (Wildman–Crippen MR) is 112 cm³/mol. The van der Waals surface area contributed by atoms with Crippen LogP contribution in [0.15, 0.2) is 29.2 Å². The van der Waals surface area contributed by atoms with Crippen molar-refractivity contribution >= 4 is 44.8 Å². The second-order valence-electron chi connectivity index (χ2n) is 6.73. The Labute approximate surface area is 180 Å². The summed E-state index contributed by atoms with van der Waals surface area (Å²) in [6, 6.07) is 6.30. The van der Waals surface area contributed by atoms with E-state index >= 15 is 0 Å². The van der Waals surface area contributed by atoms with Gasteiger partial charge in [-0.15, -0.1) is 0 Å². The summed E-state index contributed by atoms with van der Waals surface area (Å²) >= 11 is 12.3.